The van der Waals surface area contributed by atoms with E-state index in [0.29, 0.717) is 13.0 Å². The Kier molecular flexibility index (Phi) is 5.15. The molecule has 0 saturated heterocycles. The molecule has 0 amide bonds. The number of aliphatic hydroxyl groups excluding tert-OH is 1. The van der Waals surface area contributed by atoms with Gasteiger partial charge in [0.25, 0.3) is 0 Å². The Hall–Kier alpha value is -0.870. The van der Waals surface area contributed by atoms with E-state index in [9.17, 15) is 4.79 Å². The van der Waals surface area contributed by atoms with E-state index >= 15 is 0 Å². The average Bonchev–Trinajstić information content (AvgIpc) is 2.30. The van der Waals surface area contributed by atoms with Gasteiger partial charge in [-0.05, 0) is 31.9 Å². The number of hydrogen-bond acceptors (Lipinski definition) is 3. The lowest BCUT2D eigenvalue weighted by Gasteiger charge is -2.28. The van der Waals surface area contributed by atoms with Gasteiger partial charge in [-0.1, -0.05) is 34.1 Å². The second-order valence-corrected chi connectivity index (χ2v) is 4.86. The van der Waals surface area contributed by atoms with Gasteiger partial charge in [0.2, 0.25) is 0 Å². The molecule has 0 radical (unpaired) electrons. The number of benzene rings is 1. The van der Waals surface area contributed by atoms with Crippen molar-refractivity contribution >= 4 is 21.9 Å². The van der Waals surface area contributed by atoms with Gasteiger partial charge in [-0.25, -0.2) is 0 Å². The van der Waals surface area contributed by atoms with Crippen LogP contribution in [0.3, 0.4) is 0 Å². The second-order valence-electron chi connectivity index (χ2n) is 4.01. The molecule has 1 aromatic rings. The number of carbonyl (C=O) groups excluding carboxylic acids is 1. The van der Waals surface area contributed by atoms with Crippen LogP contribution >= 0.6 is 15.9 Å². The van der Waals surface area contributed by atoms with Crippen molar-refractivity contribution in [1.29, 1.82) is 0 Å². The molecule has 0 aromatic heterocycles. The minimum atomic E-state index is -0.815. The largest absolute Gasteiger partial charge is 0.465 e. The molecule has 17 heavy (non-hydrogen) atoms. The molecule has 0 heterocycles. The lowest BCUT2D eigenvalue weighted by molar-refractivity contribution is -0.150. The third-order valence-corrected chi connectivity index (χ3v) is 3.50. The quantitative estimate of drug-likeness (QED) is 0.851. The Balaban J connectivity index is 3.15. The Bertz CT molecular complexity index is 392. The highest BCUT2D eigenvalue weighted by molar-refractivity contribution is 9.10. The Morgan fingerprint density at radius 2 is 2.12 bits per heavy atom. The summed E-state index contributed by atoms with van der Waals surface area (Å²) in [6.45, 7) is 3.85. The normalized spacial score (nSPS) is 14.1. The van der Waals surface area contributed by atoms with Gasteiger partial charge in [-0.2, -0.15) is 0 Å². The van der Waals surface area contributed by atoms with Crippen molar-refractivity contribution in [1.82, 2.24) is 0 Å². The second kappa shape index (κ2) is 6.17. The van der Waals surface area contributed by atoms with Crippen LogP contribution in [-0.4, -0.2) is 24.3 Å². The monoisotopic (exact) mass is 300 g/mol. The van der Waals surface area contributed by atoms with Gasteiger partial charge in [0.1, 0.15) is 0 Å². The highest BCUT2D eigenvalue weighted by Gasteiger charge is 2.37. The van der Waals surface area contributed by atoms with Gasteiger partial charge in [-0.15, -0.1) is 0 Å². The van der Waals surface area contributed by atoms with Crippen LogP contribution in [0, 0.1) is 0 Å². The van der Waals surface area contributed by atoms with E-state index in [1.165, 1.54) is 0 Å². The first kappa shape index (κ1) is 14.2. The first-order valence-corrected chi connectivity index (χ1v) is 6.38. The third kappa shape index (κ3) is 3.07. The fraction of sp³-hybridized carbons (Fsp3) is 0.462. The molecule has 1 unspecified atom stereocenters. The maximum Gasteiger partial charge on any atom is 0.316 e. The molecule has 3 nitrogen and oxygen atoms in total. The molecular weight excluding hydrogens is 284 g/mol. The number of esters is 1. The molecule has 4 heteroatoms. The van der Waals surface area contributed by atoms with Crippen molar-refractivity contribution in [2.75, 3.05) is 13.2 Å². The average molecular weight is 301 g/mol. The van der Waals surface area contributed by atoms with E-state index in [1.54, 1.807) is 13.8 Å². The van der Waals surface area contributed by atoms with Crippen LogP contribution in [0.1, 0.15) is 25.8 Å². The highest BCUT2D eigenvalue weighted by atomic mass is 79.9. The van der Waals surface area contributed by atoms with Crippen LogP contribution in [0.2, 0.25) is 0 Å². The zero-order valence-corrected chi connectivity index (χ0v) is 11.7. The number of aliphatic hydroxyl groups is 1. The summed E-state index contributed by atoms with van der Waals surface area (Å²) in [6, 6.07) is 7.51. The van der Waals surface area contributed by atoms with Crippen LogP contribution < -0.4 is 0 Å². The Morgan fingerprint density at radius 1 is 1.47 bits per heavy atom. The molecule has 1 N–H and O–H groups in total. The van der Waals surface area contributed by atoms with E-state index in [4.69, 9.17) is 9.84 Å². The highest BCUT2D eigenvalue weighted by Crippen LogP contribution is 2.34. The molecular formula is C13H17BrO3. The van der Waals surface area contributed by atoms with E-state index in [2.05, 4.69) is 15.9 Å². The number of rotatable bonds is 5. The van der Waals surface area contributed by atoms with Crippen LogP contribution in [0.15, 0.2) is 28.7 Å². The minimum Gasteiger partial charge on any atom is -0.465 e. The summed E-state index contributed by atoms with van der Waals surface area (Å²) in [5, 5.41) is 9.15. The number of carbonyl (C=O) groups is 1. The Labute approximate surface area is 110 Å². The molecule has 0 aliphatic rings. The molecule has 0 saturated carbocycles. The zero-order chi connectivity index (χ0) is 12.9. The molecule has 0 aliphatic heterocycles. The molecule has 94 valence electrons. The summed E-state index contributed by atoms with van der Waals surface area (Å²) < 4.78 is 5.95. The van der Waals surface area contributed by atoms with E-state index in [-0.39, 0.29) is 12.6 Å². The fourth-order valence-electron chi connectivity index (χ4n) is 1.77. The molecule has 1 rings (SSSR count). The molecule has 0 bridgehead atoms. The van der Waals surface area contributed by atoms with Crippen molar-refractivity contribution in [2.45, 2.75) is 25.7 Å². The Morgan fingerprint density at radius 3 is 2.65 bits per heavy atom. The summed E-state index contributed by atoms with van der Waals surface area (Å²) in [5.41, 5.74) is 0.0256. The van der Waals surface area contributed by atoms with Gasteiger partial charge in [-0.3, -0.25) is 4.79 Å². The number of halogens is 1. The summed E-state index contributed by atoms with van der Waals surface area (Å²) in [5.74, 6) is -0.305. The van der Waals surface area contributed by atoms with Crippen molar-refractivity contribution in [3.63, 3.8) is 0 Å². The number of ether oxygens (including phenoxy) is 1. The summed E-state index contributed by atoms with van der Waals surface area (Å²) >= 11 is 3.43. The van der Waals surface area contributed by atoms with Crippen molar-refractivity contribution in [2.24, 2.45) is 0 Å². The first-order valence-electron chi connectivity index (χ1n) is 5.59. The summed E-state index contributed by atoms with van der Waals surface area (Å²) in [7, 11) is 0. The van der Waals surface area contributed by atoms with Crippen molar-refractivity contribution < 1.29 is 14.6 Å². The fourth-order valence-corrected chi connectivity index (χ4v) is 2.49. The van der Waals surface area contributed by atoms with Crippen LogP contribution in [0.5, 0.6) is 0 Å². The van der Waals surface area contributed by atoms with Crippen LogP contribution in [-0.2, 0) is 14.9 Å². The predicted octanol–water partition coefficient (Wildman–Crippen LogP) is 2.65. The van der Waals surface area contributed by atoms with Gasteiger partial charge >= 0.3 is 5.97 Å². The maximum atomic E-state index is 12.1. The molecule has 0 fully saturated rings. The van der Waals surface area contributed by atoms with Gasteiger partial charge in [0.15, 0.2) is 0 Å². The van der Waals surface area contributed by atoms with E-state index < -0.39 is 5.41 Å². The smallest absolute Gasteiger partial charge is 0.316 e. The molecule has 0 aliphatic carbocycles. The molecule has 1 aromatic carbocycles. The van der Waals surface area contributed by atoms with Crippen molar-refractivity contribution in [3.05, 3.63) is 34.3 Å². The van der Waals surface area contributed by atoms with Crippen LogP contribution in [0.4, 0.5) is 0 Å². The van der Waals surface area contributed by atoms with Gasteiger partial charge in [0.05, 0.1) is 12.0 Å². The third-order valence-electron chi connectivity index (χ3n) is 2.81. The van der Waals surface area contributed by atoms with Crippen molar-refractivity contribution in [3.8, 4) is 0 Å². The van der Waals surface area contributed by atoms with E-state index in [1.807, 2.05) is 24.3 Å². The molecule has 1 atom stereocenters. The lowest BCUT2D eigenvalue weighted by atomic mass is 9.80. The van der Waals surface area contributed by atoms with Crippen LogP contribution in [0.25, 0.3) is 0 Å². The van der Waals surface area contributed by atoms with Gasteiger partial charge in [0, 0.05) is 11.1 Å². The summed E-state index contributed by atoms with van der Waals surface area (Å²) in [4.78, 5) is 12.1. The predicted molar refractivity (Wildman–Crippen MR) is 69.8 cm³/mol. The number of hydrogen-bond donors (Lipinski definition) is 1. The molecule has 0 spiro atoms. The SMILES string of the molecule is CCOC(=O)C(C)(CCO)c1ccccc1Br. The van der Waals surface area contributed by atoms with Gasteiger partial charge < -0.3 is 9.84 Å². The topological polar surface area (TPSA) is 46.5 Å². The van der Waals surface area contributed by atoms with E-state index in [0.717, 1.165) is 10.0 Å². The zero-order valence-electron chi connectivity index (χ0n) is 10.1. The standard InChI is InChI=1S/C13H17BrO3/c1-3-17-12(16)13(2,8-9-15)10-6-4-5-7-11(10)14/h4-7,15H,3,8-9H2,1-2H3. The lowest BCUT2D eigenvalue weighted by Crippen LogP contribution is -2.35. The first-order chi connectivity index (χ1) is 8.06. The maximum absolute atomic E-state index is 12.1. The minimum absolute atomic E-state index is 0.0589. The summed E-state index contributed by atoms with van der Waals surface area (Å²) in [6.07, 6.45) is 0.342.